The summed E-state index contributed by atoms with van der Waals surface area (Å²) in [6.45, 7) is 9.09. The van der Waals surface area contributed by atoms with Crippen molar-refractivity contribution in [2.24, 2.45) is 5.92 Å². The quantitative estimate of drug-likeness (QED) is 0.793. The summed E-state index contributed by atoms with van der Waals surface area (Å²) < 4.78 is 5.57. The van der Waals surface area contributed by atoms with E-state index in [1.165, 1.54) is 12.8 Å². The number of amides is 2. The Morgan fingerprint density at radius 2 is 2.00 bits per heavy atom. The highest BCUT2D eigenvalue weighted by Gasteiger charge is 2.27. The van der Waals surface area contributed by atoms with Crippen molar-refractivity contribution in [3.05, 3.63) is 29.8 Å². The van der Waals surface area contributed by atoms with Crippen LogP contribution in [0.1, 0.15) is 51.6 Å². The fourth-order valence-electron chi connectivity index (χ4n) is 3.28. The molecule has 1 aromatic rings. The van der Waals surface area contributed by atoms with Gasteiger partial charge in [-0.25, -0.2) is 4.79 Å². The predicted octanol–water partition coefficient (Wildman–Crippen LogP) is 3.57. The molecule has 2 amide bonds. The number of hydrogen-bond acceptors (Lipinski definition) is 3. The van der Waals surface area contributed by atoms with Gasteiger partial charge in [0.15, 0.2) is 0 Å². The molecule has 1 saturated heterocycles. The third-order valence-electron chi connectivity index (χ3n) is 5.20. The topological polar surface area (TPSA) is 53.6 Å². The van der Waals surface area contributed by atoms with E-state index in [-0.39, 0.29) is 18.1 Å². The number of benzene rings is 1. The van der Waals surface area contributed by atoms with Crippen LogP contribution >= 0.6 is 0 Å². The minimum absolute atomic E-state index is 0.0976. The Morgan fingerprint density at radius 1 is 1.32 bits per heavy atom. The van der Waals surface area contributed by atoms with Gasteiger partial charge in [-0.2, -0.15) is 0 Å². The average molecular weight is 348 g/mol. The summed E-state index contributed by atoms with van der Waals surface area (Å²) in [4.78, 5) is 14.6. The molecule has 2 rings (SSSR count). The molecule has 5 heteroatoms. The molecule has 2 atom stereocenters. The lowest BCUT2D eigenvalue weighted by Gasteiger charge is -2.37. The molecule has 1 fully saturated rings. The molecule has 0 spiro atoms. The summed E-state index contributed by atoms with van der Waals surface area (Å²) in [7, 11) is 1.71. The summed E-state index contributed by atoms with van der Waals surface area (Å²) in [5, 5.41) is 6.03. The first kappa shape index (κ1) is 19.6. The van der Waals surface area contributed by atoms with Crippen LogP contribution in [0.2, 0.25) is 0 Å². The Morgan fingerprint density at radius 3 is 2.64 bits per heavy atom. The third-order valence-corrected chi connectivity index (χ3v) is 5.20. The standard InChI is InChI=1S/C20H33N3O2/c1-5-16(3)22-20(24)21-14-18(23-12-10-15(2)11-13-23)17-8-6-7-9-19(17)25-4/h6-9,15-16,18H,5,10-14H2,1-4H3,(H2,21,22,24). The zero-order valence-electron chi connectivity index (χ0n) is 16.0. The van der Waals surface area contributed by atoms with Crippen LogP contribution in [0.4, 0.5) is 4.79 Å². The van der Waals surface area contributed by atoms with Gasteiger partial charge in [0.05, 0.1) is 13.2 Å². The van der Waals surface area contributed by atoms with E-state index in [1.54, 1.807) is 7.11 Å². The normalized spacial score (nSPS) is 18.4. The Balaban J connectivity index is 2.11. The molecular formula is C20H33N3O2. The SMILES string of the molecule is CCC(C)NC(=O)NCC(c1ccccc1OC)N1CCC(C)CC1. The van der Waals surface area contributed by atoms with Gasteiger partial charge < -0.3 is 15.4 Å². The Bertz CT molecular complexity index is 541. The predicted molar refractivity (Wildman–Crippen MR) is 102 cm³/mol. The van der Waals surface area contributed by atoms with Crippen LogP contribution in [0.25, 0.3) is 0 Å². The number of carbonyl (C=O) groups excluding carboxylic acids is 1. The molecule has 1 aliphatic heterocycles. The first-order chi connectivity index (χ1) is 12.0. The summed E-state index contributed by atoms with van der Waals surface area (Å²) in [6, 6.07) is 8.34. The Labute approximate surface area is 152 Å². The number of ether oxygens (including phenoxy) is 1. The zero-order valence-corrected chi connectivity index (χ0v) is 16.0. The van der Waals surface area contributed by atoms with Crippen LogP contribution in [0.3, 0.4) is 0 Å². The number of methoxy groups -OCH3 is 1. The average Bonchev–Trinajstić information content (AvgIpc) is 2.63. The molecule has 0 aromatic heterocycles. The fraction of sp³-hybridized carbons (Fsp3) is 0.650. The van der Waals surface area contributed by atoms with Gasteiger partial charge in [-0.1, -0.05) is 32.0 Å². The number of para-hydroxylation sites is 1. The van der Waals surface area contributed by atoms with E-state index in [0.29, 0.717) is 6.54 Å². The summed E-state index contributed by atoms with van der Waals surface area (Å²) in [5.74, 6) is 1.66. The van der Waals surface area contributed by atoms with E-state index in [4.69, 9.17) is 4.74 Å². The van der Waals surface area contributed by atoms with Crippen LogP contribution in [0, 0.1) is 5.92 Å². The minimum Gasteiger partial charge on any atom is -0.496 e. The van der Waals surface area contributed by atoms with Crippen LogP contribution < -0.4 is 15.4 Å². The fourth-order valence-corrected chi connectivity index (χ4v) is 3.28. The van der Waals surface area contributed by atoms with Crippen molar-refractivity contribution in [2.45, 2.75) is 52.1 Å². The molecule has 1 aromatic carbocycles. The van der Waals surface area contributed by atoms with Crippen molar-refractivity contribution >= 4 is 6.03 Å². The number of nitrogens with zero attached hydrogens (tertiary/aromatic N) is 1. The molecule has 5 nitrogen and oxygen atoms in total. The van der Waals surface area contributed by atoms with E-state index >= 15 is 0 Å². The summed E-state index contributed by atoms with van der Waals surface area (Å²) in [5.41, 5.74) is 1.14. The molecule has 2 N–H and O–H groups in total. The number of rotatable bonds is 7. The highest BCUT2D eigenvalue weighted by molar-refractivity contribution is 5.74. The van der Waals surface area contributed by atoms with Gasteiger partial charge in [-0.15, -0.1) is 0 Å². The second-order valence-electron chi connectivity index (χ2n) is 7.14. The Hall–Kier alpha value is -1.75. The molecule has 0 bridgehead atoms. The Kier molecular flexibility index (Phi) is 7.56. The maximum atomic E-state index is 12.2. The molecule has 0 radical (unpaired) electrons. The lowest BCUT2D eigenvalue weighted by molar-refractivity contribution is 0.134. The van der Waals surface area contributed by atoms with Gasteiger partial charge in [0.25, 0.3) is 0 Å². The highest BCUT2D eigenvalue weighted by atomic mass is 16.5. The second-order valence-corrected chi connectivity index (χ2v) is 7.14. The van der Waals surface area contributed by atoms with Crippen molar-refractivity contribution in [3.8, 4) is 5.75 Å². The van der Waals surface area contributed by atoms with E-state index in [2.05, 4.69) is 35.4 Å². The van der Waals surface area contributed by atoms with Gasteiger partial charge in [0, 0.05) is 18.2 Å². The van der Waals surface area contributed by atoms with Crippen LogP contribution in [0.15, 0.2) is 24.3 Å². The molecule has 2 unspecified atom stereocenters. The van der Waals surface area contributed by atoms with Crippen LogP contribution in [-0.2, 0) is 0 Å². The first-order valence-electron chi connectivity index (χ1n) is 9.46. The molecule has 1 heterocycles. The molecule has 140 valence electrons. The van der Waals surface area contributed by atoms with Crippen molar-refractivity contribution in [1.29, 1.82) is 0 Å². The number of urea groups is 1. The van der Waals surface area contributed by atoms with Crippen molar-refractivity contribution < 1.29 is 9.53 Å². The first-order valence-corrected chi connectivity index (χ1v) is 9.46. The molecular weight excluding hydrogens is 314 g/mol. The van der Waals surface area contributed by atoms with Gasteiger partial charge in [-0.3, -0.25) is 4.90 Å². The van der Waals surface area contributed by atoms with Gasteiger partial charge >= 0.3 is 6.03 Å². The summed E-state index contributed by atoms with van der Waals surface area (Å²) >= 11 is 0. The van der Waals surface area contributed by atoms with E-state index in [0.717, 1.165) is 36.7 Å². The monoisotopic (exact) mass is 347 g/mol. The van der Waals surface area contributed by atoms with E-state index in [9.17, 15) is 4.79 Å². The zero-order chi connectivity index (χ0) is 18.2. The van der Waals surface area contributed by atoms with Crippen molar-refractivity contribution in [2.75, 3.05) is 26.7 Å². The number of likely N-dealkylation sites (tertiary alicyclic amines) is 1. The van der Waals surface area contributed by atoms with Gasteiger partial charge in [0.2, 0.25) is 0 Å². The minimum atomic E-state index is -0.0976. The largest absolute Gasteiger partial charge is 0.496 e. The van der Waals surface area contributed by atoms with E-state index < -0.39 is 0 Å². The third kappa shape index (κ3) is 5.63. The highest BCUT2D eigenvalue weighted by Crippen LogP contribution is 2.31. The number of piperidine rings is 1. The van der Waals surface area contributed by atoms with Crippen LogP contribution in [0.5, 0.6) is 5.75 Å². The van der Waals surface area contributed by atoms with E-state index in [1.807, 2.05) is 25.1 Å². The number of hydrogen-bond donors (Lipinski definition) is 2. The number of carbonyl (C=O) groups is 1. The lowest BCUT2D eigenvalue weighted by Crippen LogP contribution is -2.46. The molecule has 0 saturated carbocycles. The molecule has 1 aliphatic rings. The summed E-state index contributed by atoms with van der Waals surface area (Å²) in [6.07, 6.45) is 3.32. The maximum Gasteiger partial charge on any atom is 0.315 e. The second kappa shape index (κ2) is 9.66. The maximum absolute atomic E-state index is 12.2. The van der Waals surface area contributed by atoms with Crippen molar-refractivity contribution in [1.82, 2.24) is 15.5 Å². The van der Waals surface area contributed by atoms with Crippen LogP contribution in [-0.4, -0.2) is 43.7 Å². The lowest BCUT2D eigenvalue weighted by atomic mass is 9.95. The smallest absolute Gasteiger partial charge is 0.315 e. The van der Waals surface area contributed by atoms with Gasteiger partial charge in [-0.05, 0) is 51.3 Å². The van der Waals surface area contributed by atoms with Gasteiger partial charge in [0.1, 0.15) is 5.75 Å². The molecule has 0 aliphatic carbocycles. The van der Waals surface area contributed by atoms with Crippen molar-refractivity contribution in [3.63, 3.8) is 0 Å². The number of nitrogens with one attached hydrogen (secondary N) is 2. The molecule has 25 heavy (non-hydrogen) atoms.